The molecule has 0 amide bonds. The Hall–Kier alpha value is -2.01. The number of hydrogen-bond acceptors (Lipinski definition) is 4. The number of nitrogens with zero attached hydrogens (tertiary/aromatic N) is 1. The normalized spacial score (nSPS) is 18.3. The van der Waals surface area contributed by atoms with Crippen LogP contribution in [0.25, 0.3) is 0 Å². The van der Waals surface area contributed by atoms with Gasteiger partial charge >= 0.3 is 0 Å². The molecule has 2 atom stereocenters. The minimum Gasteiger partial charge on any atom is -0.383 e. The number of hydrogen-bond donors (Lipinski definition) is 1. The number of ether oxygens (including phenoxy) is 1. The van der Waals surface area contributed by atoms with Crippen LogP contribution in [-0.4, -0.2) is 48.2 Å². The first-order chi connectivity index (χ1) is 11.3. The van der Waals surface area contributed by atoms with Crippen LogP contribution in [0.5, 0.6) is 0 Å². The summed E-state index contributed by atoms with van der Waals surface area (Å²) in [7, 11) is 0. The average molecular weight is 311 g/mol. The number of Topliss-reactive ketones (excluding diaryl/α,β-unsaturated/α-hetero) is 1. The highest BCUT2D eigenvalue weighted by molar-refractivity contribution is 5.99. The van der Waals surface area contributed by atoms with Gasteiger partial charge in [-0.2, -0.15) is 0 Å². The second-order valence-electron chi connectivity index (χ2n) is 5.68. The van der Waals surface area contributed by atoms with E-state index in [2.05, 4.69) is 4.90 Å². The van der Waals surface area contributed by atoms with Crippen molar-refractivity contribution in [2.45, 2.75) is 12.1 Å². The largest absolute Gasteiger partial charge is 0.383 e. The number of rotatable bonds is 5. The molecule has 120 valence electrons. The molecule has 1 N–H and O–H groups in total. The molecule has 4 heteroatoms. The molecule has 0 aliphatic carbocycles. The Balaban J connectivity index is 1.89. The first kappa shape index (κ1) is 15.9. The molecule has 0 bridgehead atoms. The summed E-state index contributed by atoms with van der Waals surface area (Å²) in [5, 5.41) is 10.8. The summed E-state index contributed by atoms with van der Waals surface area (Å²) in [6.45, 7) is 2.66. The number of ketones is 1. The van der Waals surface area contributed by atoms with Gasteiger partial charge in [-0.3, -0.25) is 9.69 Å². The standard InChI is InChI=1S/C19H21NO3/c21-18(16-9-5-2-6-10-16)19(22)17(15-7-3-1-4-8-15)20-11-13-23-14-12-20/h1-10,17,19,22H,11-14H2/t17-,19+/m1/s1. The zero-order valence-corrected chi connectivity index (χ0v) is 13.0. The molecular formula is C19H21NO3. The summed E-state index contributed by atoms with van der Waals surface area (Å²) in [4.78, 5) is 14.8. The van der Waals surface area contributed by atoms with Crippen LogP contribution in [0.1, 0.15) is 22.0 Å². The maximum atomic E-state index is 12.7. The van der Waals surface area contributed by atoms with E-state index in [1.54, 1.807) is 12.1 Å². The van der Waals surface area contributed by atoms with Gasteiger partial charge < -0.3 is 9.84 Å². The van der Waals surface area contributed by atoms with Crippen LogP contribution in [0.4, 0.5) is 0 Å². The first-order valence-corrected chi connectivity index (χ1v) is 7.91. The highest BCUT2D eigenvalue weighted by Crippen LogP contribution is 2.27. The van der Waals surface area contributed by atoms with E-state index in [0.717, 1.165) is 5.56 Å². The monoisotopic (exact) mass is 311 g/mol. The Bertz CT molecular complexity index is 624. The van der Waals surface area contributed by atoms with Crippen LogP contribution < -0.4 is 0 Å². The van der Waals surface area contributed by atoms with E-state index in [4.69, 9.17) is 4.74 Å². The molecule has 0 aromatic heterocycles. The lowest BCUT2D eigenvalue weighted by Crippen LogP contribution is -2.46. The third kappa shape index (κ3) is 3.67. The van der Waals surface area contributed by atoms with Crippen LogP contribution in [0, 0.1) is 0 Å². The third-order valence-electron chi connectivity index (χ3n) is 4.21. The van der Waals surface area contributed by atoms with Crippen molar-refractivity contribution in [1.82, 2.24) is 4.90 Å². The summed E-state index contributed by atoms with van der Waals surface area (Å²) < 4.78 is 5.40. The van der Waals surface area contributed by atoms with Gasteiger partial charge in [-0.05, 0) is 5.56 Å². The number of carbonyl (C=O) groups excluding carboxylic acids is 1. The average Bonchev–Trinajstić information content (AvgIpc) is 2.64. The second kappa shape index (κ2) is 7.51. The Morgan fingerprint density at radius 2 is 1.52 bits per heavy atom. The molecular weight excluding hydrogens is 290 g/mol. The van der Waals surface area contributed by atoms with E-state index in [1.807, 2.05) is 48.5 Å². The van der Waals surface area contributed by atoms with Crippen molar-refractivity contribution in [3.8, 4) is 0 Å². The quantitative estimate of drug-likeness (QED) is 0.861. The summed E-state index contributed by atoms with van der Waals surface area (Å²) in [5.41, 5.74) is 1.49. The summed E-state index contributed by atoms with van der Waals surface area (Å²) in [5.74, 6) is -0.244. The lowest BCUT2D eigenvalue weighted by atomic mass is 9.93. The van der Waals surface area contributed by atoms with E-state index in [-0.39, 0.29) is 11.8 Å². The predicted molar refractivity (Wildman–Crippen MR) is 88.4 cm³/mol. The van der Waals surface area contributed by atoms with Crippen molar-refractivity contribution in [3.05, 3.63) is 71.8 Å². The van der Waals surface area contributed by atoms with E-state index < -0.39 is 6.10 Å². The van der Waals surface area contributed by atoms with Gasteiger partial charge in [0.15, 0.2) is 5.78 Å². The lowest BCUT2D eigenvalue weighted by Gasteiger charge is -2.37. The van der Waals surface area contributed by atoms with Gasteiger partial charge in [-0.25, -0.2) is 0 Å². The molecule has 0 saturated carbocycles. The Kier molecular flexibility index (Phi) is 5.18. The molecule has 1 heterocycles. The van der Waals surface area contributed by atoms with Crippen LogP contribution >= 0.6 is 0 Å². The van der Waals surface area contributed by atoms with Gasteiger partial charge in [0, 0.05) is 18.7 Å². The van der Waals surface area contributed by atoms with Gasteiger partial charge in [0.1, 0.15) is 6.10 Å². The molecule has 0 spiro atoms. The van der Waals surface area contributed by atoms with E-state index >= 15 is 0 Å². The van der Waals surface area contributed by atoms with Crippen LogP contribution in [0.2, 0.25) is 0 Å². The van der Waals surface area contributed by atoms with Crippen LogP contribution in [-0.2, 0) is 4.74 Å². The van der Waals surface area contributed by atoms with Gasteiger partial charge in [-0.1, -0.05) is 60.7 Å². The molecule has 4 nitrogen and oxygen atoms in total. The SMILES string of the molecule is O=C(c1ccccc1)[C@@H](O)[C@@H](c1ccccc1)N1CCOCC1. The maximum absolute atomic E-state index is 12.7. The van der Waals surface area contributed by atoms with Crippen molar-refractivity contribution in [3.63, 3.8) is 0 Å². The van der Waals surface area contributed by atoms with Crippen LogP contribution in [0.3, 0.4) is 0 Å². The zero-order valence-electron chi connectivity index (χ0n) is 13.0. The lowest BCUT2D eigenvalue weighted by molar-refractivity contribution is -0.0172. The van der Waals surface area contributed by atoms with E-state index in [0.29, 0.717) is 31.9 Å². The Labute approximate surface area is 136 Å². The molecule has 1 fully saturated rings. The third-order valence-corrected chi connectivity index (χ3v) is 4.21. The number of morpholine rings is 1. The fraction of sp³-hybridized carbons (Fsp3) is 0.316. The first-order valence-electron chi connectivity index (χ1n) is 7.91. The van der Waals surface area contributed by atoms with Gasteiger partial charge in [0.25, 0.3) is 0 Å². The Morgan fingerprint density at radius 1 is 0.957 bits per heavy atom. The number of aliphatic hydroxyl groups excluding tert-OH is 1. The zero-order chi connectivity index (χ0) is 16.1. The predicted octanol–water partition coefficient (Wildman–Crippen LogP) is 2.30. The van der Waals surface area contributed by atoms with Gasteiger partial charge in [-0.15, -0.1) is 0 Å². The highest BCUT2D eigenvalue weighted by atomic mass is 16.5. The molecule has 1 aliphatic heterocycles. The summed E-state index contributed by atoms with van der Waals surface area (Å²) >= 11 is 0. The fourth-order valence-corrected chi connectivity index (χ4v) is 3.02. The van der Waals surface area contributed by atoms with Gasteiger partial charge in [0.2, 0.25) is 0 Å². The van der Waals surface area contributed by atoms with Crippen molar-refractivity contribution in [1.29, 1.82) is 0 Å². The van der Waals surface area contributed by atoms with Crippen LogP contribution in [0.15, 0.2) is 60.7 Å². The molecule has 0 unspecified atom stereocenters. The van der Waals surface area contributed by atoms with E-state index in [9.17, 15) is 9.90 Å². The molecule has 3 rings (SSSR count). The molecule has 2 aromatic carbocycles. The molecule has 2 aromatic rings. The minimum atomic E-state index is -1.10. The molecule has 1 saturated heterocycles. The minimum absolute atomic E-state index is 0.244. The van der Waals surface area contributed by atoms with Gasteiger partial charge in [0.05, 0.1) is 19.3 Å². The highest BCUT2D eigenvalue weighted by Gasteiger charge is 2.33. The van der Waals surface area contributed by atoms with Crippen molar-refractivity contribution >= 4 is 5.78 Å². The van der Waals surface area contributed by atoms with Crippen molar-refractivity contribution in [2.24, 2.45) is 0 Å². The van der Waals surface area contributed by atoms with Crippen molar-refractivity contribution < 1.29 is 14.6 Å². The van der Waals surface area contributed by atoms with E-state index in [1.165, 1.54) is 0 Å². The smallest absolute Gasteiger partial charge is 0.193 e. The maximum Gasteiger partial charge on any atom is 0.193 e. The number of benzene rings is 2. The number of carbonyl (C=O) groups is 1. The molecule has 23 heavy (non-hydrogen) atoms. The van der Waals surface area contributed by atoms with Crippen molar-refractivity contribution in [2.75, 3.05) is 26.3 Å². The molecule has 1 aliphatic rings. The number of aliphatic hydroxyl groups is 1. The molecule has 0 radical (unpaired) electrons. The summed E-state index contributed by atoms with van der Waals surface area (Å²) in [6.07, 6.45) is -1.10. The topological polar surface area (TPSA) is 49.8 Å². The summed E-state index contributed by atoms with van der Waals surface area (Å²) in [6, 6.07) is 18.3. The second-order valence-corrected chi connectivity index (χ2v) is 5.68. The fourth-order valence-electron chi connectivity index (χ4n) is 3.02. The Morgan fingerprint density at radius 3 is 2.13 bits per heavy atom.